The molecule has 0 N–H and O–H groups in total. The Morgan fingerprint density at radius 1 is 1.62 bits per heavy atom. The lowest BCUT2D eigenvalue weighted by atomic mass is 10.2. The molecule has 0 spiro atoms. The Labute approximate surface area is 81.5 Å². The number of carbonyl (C=O) groups is 1. The van der Waals surface area contributed by atoms with Gasteiger partial charge in [0.05, 0.1) is 0 Å². The van der Waals surface area contributed by atoms with Crippen molar-refractivity contribution in [3.8, 4) is 18.1 Å². The van der Waals surface area contributed by atoms with Crippen molar-refractivity contribution in [2.45, 2.75) is 6.92 Å². The number of terminal acetylenes is 1. The van der Waals surface area contributed by atoms with Crippen LogP contribution in [0.3, 0.4) is 0 Å². The monoisotopic (exact) mass is 194 g/mol. The Kier molecular flexibility index (Phi) is 2.94. The smallest absolute Gasteiger partial charge is 0.389 e. The van der Waals surface area contributed by atoms with Gasteiger partial charge in [-0.3, -0.25) is 0 Å². The van der Waals surface area contributed by atoms with Crippen molar-refractivity contribution in [1.29, 1.82) is 0 Å². The summed E-state index contributed by atoms with van der Waals surface area (Å²) in [7, 11) is 0. The van der Waals surface area contributed by atoms with Crippen molar-refractivity contribution in [2.24, 2.45) is 0 Å². The van der Waals surface area contributed by atoms with Crippen molar-refractivity contribution in [1.82, 2.24) is 0 Å². The normalized spacial score (nSPS) is 9.00. The van der Waals surface area contributed by atoms with Gasteiger partial charge >= 0.3 is 5.97 Å². The van der Waals surface area contributed by atoms with Gasteiger partial charge in [0, 0.05) is 10.9 Å². The third kappa shape index (κ3) is 2.50. The molecule has 0 aliphatic carbocycles. The third-order valence-corrected chi connectivity index (χ3v) is 1.69. The minimum Gasteiger partial charge on any atom is -0.417 e. The van der Waals surface area contributed by atoms with Crippen molar-refractivity contribution in [2.75, 3.05) is 0 Å². The van der Waals surface area contributed by atoms with E-state index in [2.05, 4.69) is 0 Å². The van der Waals surface area contributed by atoms with Crippen LogP contribution in [0, 0.1) is 19.3 Å². The van der Waals surface area contributed by atoms with Crippen LogP contribution in [0.4, 0.5) is 0 Å². The van der Waals surface area contributed by atoms with E-state index in [1.54, 1.807) is 25.1 Å². The lowest BCUT2D eigenvalue weighted by molar-refractivity contribution is -0.128. The SMILES string of the molecule is C#CC(=O)Oc1ccc(Cl)cc1C. The number of benzene rings is 1. The highest BCUT2D eigenvalue weighted by molar-refractivity contribution is 6.30. The summed E-state index contributed by atoms with van der Waals surface area (Å²) < 4.78 is 4.82. The van der Waals surface area contributed by atoms with E-state index in [1.807, 2.05) is 5.92 Å². The molecule has 0 aromatic heterocycles. The molecule has 0 saturated heterocycles. The van der Waals surface area contributed by atoms with Gasteiger partial charge in [0.1, 0.15) is 5.75 Å². The van der Waals surface area contributed by atoms with Crippen LogP contribution in [0.5, 0.6) is 5.75 Å². The van der Waals surface area contributed by atoms with Crippen molar-refractivity contribution in [3.63, 3.8) is 0 Å². The molecule has 0 fully saturated rings. The number of rotatable bonds is 1. The number of ether oxygens (including phenoxy) is 1. The van der Waals surface area contributed by atoms with Crippen molar-refractivity contribution in [3.05, 3.63) is 28.8 Å². The summed E-state index contributed by atoms with van der Waals surface area (Å²) in [4.78, 5) is 10.7. The molecule has 2 nitrogen and oxygen atoms in total. The van der Waals surface area contributed by atoms with Crippen LogP contribution < -0.4 is 4.74 Å². The molecule has 0 atom stereocenters. The molecule has 0 unspecified atom stereocenters. The Balaban J connectivity index is 2.91. The summed E-state index contributed by atoms with van der Waals surface area (Å²) in [6.07, 6.45) is 4.85. The first-order valence-corrected chi connectivity index (χ1v) is 3.96. The second kappa shape index (κ2) is 3.97. The molecule has 1 rings (SSSR count). The molecule has 0 aliphatic heterocycles. The lowest BCUT2D eigenvalue weighted by Crippen LogP contribution is -2.04. The summed E-state index contributed by atoms with van der Waals surface area (Å²) in [6.45, 7) is 1.78. The highest BCUT2D eigenvalue weighted by atomic mass is 35.5. The van der Waals surface area contributed by atoms with Gasteiger partial charge in [-0.15, -0.1) is 6.42 Å². The first-order valence-electron chi connectivity index (χ1n) is 3.58. The molecule has 0 radical (unpaired) electrons. The van der Waals surface area contributed by atoms with Gasteiger partial charge in [0.15, 0.2) is 0 Å². The Hall–Kier alpha value is -1.46. The standard InChI is InChI=1S/C10H7ClO2/c1-3-10(12)13-9-5-4-8(11)6-7(9)2/h1,4-6H,2H3. The van der Waals surface area contributed by atoms with Gasteiger partial charge in [-0.05, 0) is 30.7 Å². The average molecular weight is 195 g/mol. The Bertz CT molecular complexity index is 377. The van der Waals surface area contributed by atoms with Gasteiger partial charge in [0.25, 0.3) is 0 Å². The summed E-state index contributed by atoms with van der Waals surface area (Å²) >= 11 is 5.71. The van der Waals surface area contributed by atoms with Crippen LogP contribution in [0.2, 0.25) is 5.02 Å². The fraction of sp³-hybridized carbons (Fsp3) is 0.100. The molecule has 66 valence electrons. The average Bonchev–Trinajstić information content (AvgIpc) is 2.09. The van der Waals surface area contributed by atoms with Crippen LogP contribution in [0.15, 0.2) is 18.2 Å². The maximum Gasteiger partial charge on any atom is 0.389 e. The first-order chi connectivity index (χ1) is 6.13. The molecule has 0 bridgehead atoms. The van der Waals surface area contributed by atoms with Gasteiger partial charge in [-0.2, -0.15) is 0 Å². The molecular formula is C10H7ClO2. The van der Waals surface area contributed by atoms with E-state index in [9.17, 15) is 4.79 Å². The minimum atomic E-state index is -0.703. The van der Waals surface area contributed by atoms with Crippen LogP contribution in [0.1, 0.15) is 5.56 Å². The minimum absolute atomic E-state index is 0.437. The quantitative estimate of drug-likeness (QED) is 0.297. The number of halogens is 1. The number of hydrogen-bond donors (Lipinski definition) is 0. The topological polar surface area (TPSA) is 26.3 Å². The predicted octanol–water partition coefficient (Wildman–Crippen LogP) is 2.19. The van der Waals surface area contributed by atoms with Crippen LogP contribution in [-0.4, -0.2) is 5.97 Å². The number of hydrogen-bond acceptors (Lipinski definition) is 2. The van der Waals surface area contributed by atoms with Crippen LogP contribution >= 0.6 is 11.6 Å². The highest BCUT2D eigenvalue weighted by Crippen LogP contribution is 2.21. The Morgan fingerprint density at radius 2 is 2.31 bits per heavy atom. The van der Waals surface area contributed by atoms with Crippen molar-refractivity contribution >= 4 is 17.6 Å². The van der Waals surface area contributed by atoms with E-state index in [0.29, 0.717) is 10.8 Å². The van der Waals surface area contributed by atoms with Crippen LogP contribution in [-0.2, 0) is 4.79 Å². The zero-order chi connectivity index (χ0) is 9.84. The van der Waals surface area contributed by atoms with Gasteiger partial charge in [-0.1, -0.05) is 11.6 Å². The second-order valence-corrected chi connectivity index (χ2v) is 2.88. The first kappa shape index (κ1) is 9.63. The molecular weight excluding hydrogens is 188 g/mol. The van der Waals surface area contributed by atoms with Gasteiger partial charge in [0.2, 0.25) is 0 Å². The molecule has 0 saturated carbocycles. The fourth-order valence-corrected chi connectivity index (χ4v) is 1.08. The molecule has 13 heavy (non-hydrogen) atoms. The maximum atomic E-state index is 10.7. The van der Waals surface area contributed by atoms with Crippen LogP contribution in [0.25, 0.3) is 0 Å². The largest absolute Gasteiger partial charge is 0.417 e. The third-order valence-electron chi connectivity index (χ3n) is 1.46. The van der Waals surface area contributed by atoms with Gasteiger partial charge < -0.3 is 4.74 Å². The number of aryl methyl sites for hydroxylation is 1. The van der Waals surface area contributed by atoms with E-state index >= 15 is 0 Å². The van der Waals surface area contributed by atoms with E-state index in [4.69, 9.17) is 22.8 Å². The lowest BCUT2D eigenvalue weighted by Gasteiger charge is -2.03. The second-order valence-electron chi connectivity index (χ2n) is 2.44. The number of esters is 1. The zero-order valence-corrected chi connectivity index (χ0v) is 7.76. The summed E-state index contributed by atoms with van der Waals surface area (Å²) in [5.74, 6) is 1.60. The van der Waals surface area contributed by atoms with Crippen molar-refractivity contribution < 1.29 is 9.53 Å². The molecule has 0 amide bonds. The van der Waals surface area contributed by atoms with E-state index in [0.717, 1.165) is 5.56 Å². The summed E-state index contributed by atoms with van der Waals surface area (Å²) in [6, 6.07) is 4.93. The molecule has 1 aromatic carbocycles. The number of carbonyl (C=O) groups excluding carboxylic acids is 1. The fourth-order valence-electron chi connectivity index (χ4n) is 0.857. The van der Waals surface area contributed by atoms with E-state index < -0.39 is 5.97 Å². The summed E-state index contributed by atoms with van der Waals surface area (Å²) in [5.41, 5.74) is 0.774. The predicted molar refractivity (Wildman–Crippen MR) is 50.7 cm³/mol. The molecule has 3 heteroatoms. The molecule has 0 heterocycles. The van der Waals surface area contributed by atoms with E-state index in [-0.39, 0.29) is 0 Å². The maximum absolute atomic E-state index is 10.7. The summed E-state index contributed by atoms with van der Waals surface area (Å²) in [5, 5.41) is 0.595. The highest BCUT2D eigenvalue weighted by Gasteiger charge is 2.03. The Morgan fingerprint density at radius 3 is 2.85 bits per heavy atom. The zero-order valence-electron chi connectivity index (χ0n) is 7.00. The van der Waals surface area contributed by atoms with Gasteiger partial charge in [-0.25, -0.2) is 4.79 Å². The molecule has 1 aromatic rings. The van der Waals surface area contributed by atoms with E-state index in [1.165, 1.54) is 0 Å². The molecule has 0 aliphatic rings.